The van der Waals surface area contributed by atoms with Crippen molar-refractivity contribution in [1.82, 2.24) is 13.6 Å². The lowest BCUT2D eigenvalue weighted by Crippen LogP contribution is -2.25. The average Bonchev–Trinajstić information content (AvgIpc) is 2.87. The molecule has 0 saturated heterocycles. The minimum atomic E-state index is 0.253. The van der Waals surface area contributed by atoms with Crippen LogP contribution in [0.25, 0.3) is 5.57 Å². The maximum absolute atomic E-state index is 8.72. The molecule has 0 amide bonds. The molecule has 0 spiro atoms. The SMILES string of the molecule is CN1CCC=C(c2nsnc2OCCCCCO)C1. The molecule has 106 valence electrons. The molecule has 2 heterocycles. The van der Waals surface area contributed by atoms with Crippen molar-refractivity contribution in [3.8, 4) is 5.88 Å². The number of hydrogen-bond acceptors (Lipinski definition) is 6. The van der Waals surface area contributed by atoms with E-state index in [2.05, 4.69) is 26.8 Å². The quantitative estimate of drug-likeness (QED) is 0.773. The van der Waals surface area contributed by atoms with Gasteiger partial charge in [-0.15, -0.1) is 4.37 Å². The van der Waals surface area contributed by atoms with Crippen molar-refractivity contribution in [1.29, 1.82) is 0 Å². The Hall–Kier alpha value is -0.980. The fraction of sp³-hybridized carbons (Fsp3) is 0.692. The monoisotopic (exact) mass is 283 g/mol. The summed E-state index contributed by atoms with van der Waals surface area (Å²) < 4.78 is 14.3. The molecule has 1 aliphatic heterocycles. The number of likely N-dealkylation sites (N-methyl/N-ethyl adjacent to an activating group) is 1. The van der Waals surface area contributed by atoms with Gasteiger partial charge in [0.2, 0.25) is 0 Å². The van der Waals surface area contributed by atoms with Crippen LogP contribution in [0.2, 0.25) is 0 Å². The lowest BCUT2D eigenvalue weighted by atomic mass is 10.1. The van der Waals surface area contributed by atoms with Crippen molar-refractivity contribution < 1.29 is 9.84 Å². The number of aliphatic hydroxyl groups is 1. The van der Waals surface area contributed by atoms with Crippen LogP contribution in [0.3, 0.4) is 0 Å². The molecule has 1 aliphatic rings. The van der Waals surface area contributed by atoms with Gasteiger partial charge in [-0.2, -0.15) is 4.37 Å². The molecule has 19 heavy (non-hydrogen) atoms. The molecule has 0 fully saturated rings. The highest BCUT2D eigenvalue weighted by Crippen LogP contribution is 2.27. The Morgan fingerprint density at radius 2 is 2.26 bits per heavy atom. The highest BCUT2D eigenvalue weighted by atomic mass is 32.1. The first-order valence-electron chi connectivity index (χ1n) is 6.75. The standard InChI is InChI=1S/C13H21N3O2S/c1-16-7-5-6-11(10-16)12-13(15-19-14-12)18-9-4-2-3-8-17/h6,17H,2-5,7-10H2,1H3. The van der Waals surface area contributed by atoms with Gasteiger partial charge in [0.15, 0.2) is 0 Å². The first-order chi connectivity index (χ1) is 9.31. The lowest BCUT2D eigenvalue weighted by molar-refractivity contribution is 0.263. The summed E-state index contributed by atoms with van der Waals surface area (Å²) in [6, 6.07) is 0. The third-order valence-electron chi connectivity index (χ3n) is 3.15. The fourth-order valence-electron chi connectivity index (χ4n) is 2.10. The van der Waals surface area contributed by atoms with Gasteiger partial charge in [0.1, 0.15) is 5.69 Å². The highest BCUT2D eigenvalue weighted by Gasteiger charge is 2.18. The molecule has 0 aromatic carbocycles. The zero-order valence-corrected chi connectivity index (χ0v) is 12.2. The van der Waals surface area contributed by atoms with Crippen LogP contribution in [0.1, 0.15) is 31.4 Å². The Morgan fingerprint density at radius 3 is 3.05 bits per heavy atom. The predicted octanol–water partition coefficient (Wildman–Crippen LogP) is 1.80. The van der Waals surface area contributed by atoms with Gasteiger partial charge in [-0.25, -0.2) is 0 Å². The molecule has 0 radical (unpaired) electrons. The zero-order chi connectivity index (χ0) is 13.5. The first kappa shape index (κ1) is 14.4. The molecule has 6 heteroatoms. The van der Waals surface area contributed by atoms with Crippen molar-refractivity contribution in [3.05, 3.63) is 11.8 Å². The van der Waals surface area contributed by atoms with Gasteiger partial charge in [0, 0.05) is 19.7 Å². The fourth-order valence-corrected chi connectivity index (χ4v) is 2.63. The van der Waals surface area contributed by atoms with E-state index in [4.69, 9.17) is 9.84 Å². The van der Waals surface area contributed by atoms with E-state index in [0.717, 1.165) is 44.5 Å². The van der Waals surface area contributed by atoms with Crippen LogP contribution in [0.4, 0.5) is 0 Å². The third kappa shape index (κ3) is 4.26. The van der Waals surface area contributed by atoms with E-state index in [1.54, 1.807) is 0 Å². The van der Waals surface area contributed by atoms with Crippen LogP contribution < -0.4 is 4.74 Å². The normalized spacial score (nSPS) is 16.4. The molecule has 0 atom stereocenters. The molecule has 0 aliphatic carbocycles. The summed E-state index contributed by atoms with van der Waals surface area (Å²) in [7, 11) is 2.11. The number of ether oxygens (including phenoxy) is 1. The van der Waals surface area contributed by atoms with Crippen molar-refractivity contribution in [2.45, 2.75) is 25.7 Å². The Balaban J connectivity index is 1.88. The summed E-state index contributed by atoms with van der Waals surface area (Å²) in [5, 5.41) is 8.72. The number of hydrogen-bond donors (Lipinski definition) is 1. The van der Waals surface area contributed by atoms with Crippen molar-refractivity contribution in [2.24, 2.45) is 0 Å². The molecule has 2 rings (SSSR count). The number of nitrogens with zero attached hydrogens (tertiary/aromatic N) is 3. The zero-order valence-electron chi connectivity index (χ0n) is 11.3. The van der Waals surface area contributed by atoms with E-state index in [9.17, 15) is 0 Å². The van der Waals surface area contributed by atoms with Gasteiger partial charge in [-0.3, -0.25) is 0 Å². The second-order valence-corrected chi connectivity index (χ2v) is 5.33. The van der Waals surface area contributed by atoms with E-state index in [1.807, 2.05) is 0 Å². The first-order valence-corrected chi connectivity index (χ1v) is 7.48. The minimum Gasteiger partial charge on any atom is -0.475 e. The number of aromatic nitrogens is 2. The van der Waals surface area contributed by atoms with Gasteiger partial charge in [-0.1, -0.05) is 6.08 Å². The second-order valence-electron chi connectivity index (χ2n) is 4.81. The van der Waals surface area contributed by atoms with Crippen LogP contribution in [0.15, 0.2) is 6.08 Å². The van der Waals surface area contributed by atoms with Gasteiger partial charge in [-0.05, 0) is 38.3 Å². The van der Waals surface area contributed by atoms with Crippen LogP contribution >= 0.6 is 11.7 Å². The van der Waals surface area contributed by atoms with Crippen LogP contribution in [-0.2, 0) is 0 Å². The molecule has 0 saturated carbocycles. The maximum Gasteiger partial charge on any atom is 0.253 e. The Morgan fingerprint density at radius 1 is 1.37 bits per heavy atom. The number of aliphatic hydroxyl groups excluding tert-OH is 1. The van der Waals surface area contributed by atoms with Crippen LogP contribution in [-0.4, -0.2) is 52.1 Å². The Kier molecular flexibility index (Phi) is 5.75. The molecule has 1 aromatic heterocycles. The van der Waals surface area contributed by atoms with E-state index < -0.39 is 0 Å². The summed E-state index contributed by atoms with van der Waals surface area (Å²) in [6.07, 6.45) is 6.04. The van der Waals surface area contributed by atoms with Gasteiger partial charge < -0.3 is 14.7 Å². The molecule has 1 aromatic rings. The third-order valence-corrected chi connectivity index (χ3v) is 3.66. The second kappa shape index (κ2) is 7.57. The molecule has 0 bridgehead atoms. The van der Waals surface area contributed by atoms with Crippen molar-refractivity contribution in [3.63, 3.8) is 0 Å². The molecular formula is C13H21N3O2S. The summed E-state index contributed by atoms with van der Waals surface area (Å²) in [6.45, 7) is 2.90. The summed E-state index contributed by atoms with van der Waals surface area (Å²) in [4.78, 5) is 2.28. The summed E-state index contributed by atoms with van der Waals surface area (Å²) in [5.74, 6) is 0.663. The van der Waals surface area contributed by atoms with Crippen LogP contribution in [0.5, 0.6) is 5.88 Å². The Labute approximate surface area is 118 Å². The van der Waals surface area contributed by atoms with Crippen molar-refractivity contribution >= 4 is 17.3 Å². The summed E-state index contributed by atoms with van der Waals surface area (Å²) in [5.41, 5.74) is 2.12. The molecule has 0 unspecified atom stereocenters. The van der Waals surface area contributed by atoms with Gasteiger partial charge >= 0.3 is 0 Å². The summed E-state index contributed by atoms with van der Waals surface area (Å²) >= 11 is 1.21. The van der Waals surface area contributed by atoms with E-state index >= 15 is 0 Å². The average molecular weight is 283 g/mol. The topological polar surface area (TPSA) is 58.5 Å². The number of rotatable bonds is 7. The molecule has 1 N–H and O–H groups in total. The highest BCUT2D eigenvalue weighted by molar-refractivity contribution is 6.99. The largest absolute Gasteiger partial charge is 0.475 e. The smallest absolute Gasteiger partial charge is 0.253 e. The minimum absolute atomic E-state index is 0.253. The van der Waals surface area contributed by atoms with Gasteiger partial charge in [0.05, 0.1) is 18.3 Å². The molecule has 5 nitrogen and oxygen atoms in total. The maximum atomic E-state index is 8.72. The van der Waals surface area contributed by atoms with E-state index in [-0.39, 0.29) is 6.61 Å². The van der Waals surface area contributed by atoms with E-state index in [1.165, 1.54) is 17.3 Å². The van der Waals surface area contributed by atoms with Crippen LogP contribution in [0, 0.1) is 0 Å². The number of unbranched alkanes of at least 4 members (excludes halogenated alkanes) is 2. The predicted molar refractivity (Wildman–Crippen MR) is 76.4 cm³/mol. The Bertz CT molecular complexity index is 420. The van der Waals surface area contributed by atoms with Crippen molar-refractivity contribution in [2.75, 3.05) is 33.4 Å². The van der Waals surface area contributed by atoms with E-state index in [0.29, 0.717) is 12.5 Å². The van der Waals surface area contributed by atoms with Gasteiger partial charge in [0.25, 0.3) is 5.88 Å². The lowest BCUT2D eigenvalue weighted by Gasteiger charge is -2.22. The molecular weight excluding hydrogens is 262 g/mol.